The molecule has 3 atom stereocenters. The third-order valence-corrected chi connectivity index (χ3v) is 5.47. The van der Waals surface area contributed by atoms with Gasteiger partial charge in [-0.05, 0) is 31.4 Å². The highest BCUT2D eigenvalue weighted by atomic mass is 16.4. The summed E-state index contributed by atoms with van der Waals surface area (Å²) in [7, 11) is 0. The number of hydrogen-bond donors (Lipinski definition) is 3. The maximum Gasteiger partial charge on any atom is 0.408 e. The first kappa shape index (κ1) is 17.6. The molecule has 2 aliphatic heterocycles. The predicted molar refractivity (Wildman–Crippen MR) is 96.9 cm³/mol. The van der Waals surface area contributed by atoms with Gasteiger partial charge in [0.25, 0.3) is 0 Å². The maximum atomic E-state index is 12.4. The zero-order valence-electron chi connectivity index (χ0n) is 15.1. The number of carbonyl (C=O) groups excluding carboxylic acids is 1. The molecule has 0 bridgehead atoms. The largest absolute Gasteiger partial charge is 0.465 e. The number of fused-ring (bicyclic) bond motifs is 1. The van der Waals surface area contributed by atoms with E-state index < -0.39 is 17.7 Å². The molecule has 9 nitrogen and oxygen atoms in total. The second-order valence-electron chi connectivity index (χ2n) is 7.31. The number of hydrogen-bond acceptors (Lipinski definition) is 6. The molecule has 2 fully saturated rings. The van der Waals surface area contributed by atoms with Crippen LogP contribution in [0.5, 0.6) is 0 Å². The zero-order valence-corrected chi connectivity index (χ0v) is 15.1. The monoisotopic (exact) mass is 370 g/mol. The number of piperidine rings is 1. The summed E-state index contributed by atoms with van der Waals surface area (Å²) in [6, 6.07) is 1.08. The quantitative estimate of drug-likeness (QED) is 0.728. The van der Waals surface area contributed by atoms with Crippen LogP contribution in [0.25, 0.3) is 11.2 Å². The average molecular weight is 370 g/mol. The van der Waals surface area contributed by atoms with E-state index in [1.807, 2.05) is 0 Å². The van der Waals surface area contributed by atoms with Crippen molar-refractivity contribution in [2.24, 2.45) is 5.92 Å². The standard InChI is InChI=1S/C18H22N6O3/c1-11-8-18(10-19-9-11,24(17(26)27)13-3-5-23-16(13)25)12-2-4-21-15-14(12)20-6-7-22-15/h2,4,6-7,11,13,19H,3,5,8-10H2,1H3,(H,23,25)(H,26,27)/t11-,13+,18-/m0/s1. The van der Waals surface area contributed by atoms with Crippen molar-refractivity contribution >= 4 is 23.2 Å². The van der Waals surface area contributed by atoms with Gasteiger partial charge in [0, 0.05) is 37.2 Å². The van der Waals surface area contributed by atoms with Crippen LogP contribution in [0.1, 0.15) is 25.3 Å². The van der Waals surface area contributed by atoms with Crippen molar-refractivity contribution in [3.63, 3.8) is 0 Å². The number of pyridine rings is 1. The summed E-state index contributed by atoms with van der Waals surface area (Å²) in [6.45, 7) is 3.75. The van der Waals surface area contributed by atoms with E-state index in [1.165, 1.54) is 4.90 Å². The van der Waals surface area contributed by atoms with Crippen LogP contribution in [0.15, 0.2) is 24.7 Å². The van der Waals surface area contributed by atoms with Gasteiger partial charge in [-0.25, -0.2) is 14.8 Å². The van der Waals surface area contributed by atoms with Crippen LogP contribution in [0, 0.1) is 5.92 Å². The fraction of sp³-hybridized carbons (Fsp3) is 0.500. The molecule has 4 rings (SSSR count). The topological polar surface area (TPSA) is 120 Å². The summed E-state index contributed by atoms with van der Waals surface area (Å²) in [5.41, 5.74) is 0.851. The number of nitrogens with one attached hydrogen (secondary N) is 2. The van der Waals surface area contributed by atoms with Crippen molar-refractivity contribution in [2.45, 2.75) is 31.3 Å². The lowest BCUT2D eigenvalue weighted by atomic mass is 9.76. The molecule has 0 unspecified atom stereocenters. The minimum atomic E-state index is -1.11. The summed E-state index contributed by atoms with van der Waals surface area (Å²) in [5.74, 6) is -0.0237. The van der Waals surface area contributed by atoms with Gasteiger partial charge in [0.2, 0.25) is 5.91 Å². The number of carboxylic acid groups (broad SMARTS) is 1. The highest BCUT2D eigenvalue weighted by Crippen LogP contribution is 2.41. The Kier molecular flexibility index (Phi) is 4.39. The van der Waals surface area contributed by atoms with Crippen LogP contribution >= 0.6 is 0 Å². The Labute approximate surface area is 156 Å². The van der Waals surface area contributed by atoms with Gasteiger partial charge in [-0.1, -0.05) is 6.92 Å². The van der Waals surface area contributed by atoms with Crippen molar-refractivity contribution in [1.29, 1.82) is 0 Å². The van der Waals surface area contributed by atoms with Crippen LogP contribution in [-0.4, -0.2) is 62.6 Å². The second-order valence-corrected chi connectivity index (χ2v) is 7.31. The first-order valence-corrected chi connectivity index (χ1v) is 9.10. The van der Waals surface area contributed by atoms with Crippen molar-refractivity contribution in [1.82, 2.24) is 30.5 Å². The molecule has 0 aliphatic carbocycles. The number of carbonyl (C=O) groups is 2. The molecule has 2 saturated heterocycles. The Hall–Kier alpha value is -2.81. The molecule has 2 aromatic rings. The Balaban J connectivity index is 1.94. The molecule has 9 heteroatoms. The first-order chi connectivity index (χ1) is 13.0. The molecular formula is C18H22N6O3. The van der Waals surface area contributed by atoms with Gasteiger partial charge in [0.05, 0.1) is 5.54 Å². The van der Waals surface area contributed by atoms with Gasteiger partial charge < -0.3 is 15.7 Å². The van der Waals surface area contributed by atoms with Gasteiger partial charge >= 0.3 is 6.09 Å². The number of amides is 2. The van der Waals surface area contributed by atoms with Gasteiger partial charge in [-0.2, -0.15) is 0 Å². The van der Waals surface area contributed by atoms with E-state index in [9.17, 15) is 14.7 Å². The third-order valence-electron chi connectivity index (χ3n) is 5.47. The number of aromatic nitrogens is 3. The SMILES string of the molecule is C[C@@H]1CNC[C@@](c2ccnc3nccnc23)(N(C(=O)O)[C@@H]2CCNC2=O)C1. The molecule has 4 heterocycles. The summed E-state index contributed by atoms with van der Waals surface area (Å²) in [6.07, 6.45) is 4.70. The van der Waals surface area contributed by atoms with E-state index >= 15 is 0 Å². The number of nitrogens with zero attached hydrogens (tertiary/aromatic N) is 4. The molecule has 2 amide bonds. The van der Waals surface area contributed by atoms with Gasteiger partial charge in [0.15, 0.2) is 5.65 Å². The minimum Gasteiger partial charge on any atom is -0.465 e. The maximum absolute atomic E-state index is 12.4. The van der Waals surface area contributed by atoms with Crippen LogP contribution in [0.4, 0.5) is 4.79 Å². The van der Waals surface area contributed by atoms with Crippen molar-refractivity contribution in [2.75, 3.05) is 19.6 Å². The Morgan fingerprint density at radius 3 is 2.78 bits per heavy atom. The van der Waals surface area contributed by atoms with Gasteiger partial charge in [0.1, 0.15) is 11.6 Å². The molecule has 0 spiro atoms. The molecule has 0 radical (unpaired) electrons. The van der Waals surface area contributed by atoms with E-state index in [0.717, 1.165) is 12.1 Å². The van der Waals surface area contributed by atoms with Crippen molar-refractivity contribution < 1.29 is 14.7 Å². The van der Waals surface area contributed by atoms with E-state index in [2.05, 4.69) is 32.5 Å². The summed E-state index contributed by atoms with van der Waals surface area (Å²) < 4.78 is 0. The van der Waals surface area contributed by atoms with Crippen LogP contribution in [-0.2, 0) is 10.3 Å². The Morgan fingerprint density at radius 2 is 2.07 bits per heavy atom. The van der Waals surface area contributed by atoms with E-state index in [-0.39, 0.29) is 11.8 Å². The molecule has 142 valence electrons. The zero-order chi connectivity index (χ0) is 19.0. The Morgan fingerprint density at radius 1 is 1.30 bits per heavy atom. The molecule has 2 aliphatic rings. The van der Waals surface area contributed by atoms with Crippen molar-refractivity contribution in [3.8, 4) is 0 Å². The van der Waals surface area contributed by atoms with Gasteiger partial charge in [-0.3, -0.25) is 14.7 Å². The first-order valence-electron chi connectivity index (χ1n) is 9.10. The smallest absolute Gasteiger partial charge is 0.408 e. The second kappa shape index (κ2) is 6.73. The molecule has 3 N–H and O–H groups in total. The van der Waals surface area contributed by atoms with Crippen molar-refractivity contribution in [3.05, 3.63) is 30.2 Å². The highest BCUT2D eigenvalue weighted by molar-refractivity contribution is 5.88. The van der Waals surface area contributed by atoms with E-state index in [4.69, 9.17) is 0 Å². The molecule has 2 aromatic heterocycles. The fourth-order valence-electron chi connectivity index (χ4n) is 4.46. The summed E-state index contributed by atoms with van der Waals surface area (Å²) in [5, 5.41) is 16.3. The minimum absolute atomic E-state index is 0.227. The van der Waals surface area contributed by atoms with Crippen LogP contribution < -0.4 is 10.6 Å². The van der Waals surface area contributed by atoms with Gasteiger partial charge in [-0.15, -0.1) is 0 Å². The summed E-state index contributed by atoms with van der Waals surface area (Å²) >= 11 is 0. The lowest BCUT2D eigenvalue weighted by Crippen LogP contribution is -2.63. The molecule has 27 heavy (non-hydrogen) atoms. The molecule has 0 saturated carbocycles. The van der Waals surface area contributed by atoms with E-state index in [1.54, 1.807) is 24.7 Å². The average Bonchev–Trinajstić information content (AvgIpc) is 3.06. The predicted octanol–water partition coefficient (Wildman–Crippen LogP) is 0.718. The number of rotatable bonds is 3. The fourth-order valence-corrected chi connectivity index (χ4v) is 4.46. The molecule has 0 aromatic carbocycles. The Bertz CT molecular complexity index is 885. The van der Waals surface area contributed by atoms with Crippen LogP contribution in [0.2, 0.25) is 0 Å². The lowest BCUT2D eigenvalue weighted by molar-refractivity contribution is -0.126. The highest BCUT2D eigenvalue weighted by Gasteiger charge is 2.51. The van der Waals surface area contributed by atoms with Crippen LogP contribution in [0.3, 0.4) is 0 Å². The lowest BCUT2D eigenvalue weighted by Gasteiger charge is -2.49. The normalized spacial score (nSPS) is 28.1. The third kappa shape index (κ3) is 2.87. The molecular weight excluding hydrogens is 348 g/mol. The van der Waals surface area contributed by atoms with E-state index in [0.29, 0.717) is 37.1 Å². The summed E-state index contributed by atoms with van der Waals surface area (Å²) in [4.78, 5) is 39.1.